The third kappa shape index (κ3) is 3.12. The Morgan fingerprint density at radius 3 is 2.68 bits per heavy atom. The molecule has 5 nitrogen and oxygen atoms in total. The molecule has 1 aromatic carbocycles. The summed E-state index contributed by atoms with van der Waals surface area (Å²) in [7, 11) is -3.60. The van der Waals surface area contributed by atoms with Crippen molar-refractivity contribution in [1.29, 1.82) is 0 Å². The minimum Gasteiger partial charge on any atom is -0.398 e. The van der Waals surface area contributed by atoms with E-state index in [9.17, 15) is 8.42 Å². The predicted molar refractivity (Wildman–Crippen MR) is 76.5 cm³/mol. The number of rotatable bonds is 4. The van der Waals surface area contributed by atoms with Gasteiger partial charge in [0.1, 0.15) is 4.90 Å². The number of hydrogen-bond acceptors (Lipinski definition) is 5. The van der Waals surface area contributed by atoms with E-state index >= 15 is 0 Å². The largest absolute Gasteiger partial charge is 0.398 e. The summed E-state index contributed by atoms with van der Waals surface area (Å²) in [4.78, 5) is 5.09. The van der Waals surface area contributed by atoms with Crippen LogP contribution in [-0.4, -0.2) is 13.4 Å². The van der Waals surface area contributed by atoms with Gasteiger partial charge in [0.25, 0.3) is 0 Å². The van der Waals surface area contributed by atoms with E-state index in [1.165, 1.54) is 17.4 Å². The molecular formula is C12H15N3O2S2. The second kappa shape index (κ2) is 5.28. The summed E-state index contributed by atoms with van der Waals surface area (Å²) >= 11 is 1.42. The molecule has 0 aliphatic carbocycles. The van der Waals surface area contributed by atoms with Gasteiger partial charge in [0.2, 0.25) is 10.0 Å². The van der Waals surface area contributed by atoms with Gasteiger partial charge in [-0.2, -0.15) is 0 Å². The Labute approximate surface area is 116 Å². The highest BCUT2D eigenvalue weighted by Crippen LogP contribution is 2.20. The maximum atomic E-state index is 12.2. The summed E-state index contributed by atoms with van der Waals surface area (Å²) < 4.78 is 26.9. The fourth-order valence-corrected chi connectivity index (χ4v) is 3.56. The zero-order chi connectivity index (χ0) is 14.0. The highest BCUT2D eigenvalue weighted by atomic mass is 32.2. The number of thiazole rings is 1. The molecule has 1 aromatic heterocycles. The van der Waals surface area contributed by atoms with Crippen LogP contribution in [0.25, 0.3) is 0 Å². The molecular weight excluding hydrogens is 282 g/mol. The van der Waals surface area contributed by atoms with Gasteiger partial charge < -0.3 is 5.73 Å². The van der Waals surface area contributed by atoms with Gasteiger partial charge in [-0.3, -0.25) is 0 Å². The molecule has 0 saturated carbocycles. The van der Waals surface area contributed by atoms with E-state index in [1.54, 1.807) is 17.6 Å². The SMILES string of the molecule is Cc1ccc(S(=O)(=O)NCc2scnc2C)c(N)c1. The van der Waals surface area contributed by atoms with Crippen molar-refractivity contribution in [3.05, 3.63) is 39.8 Å². The van der Waals surface area contributed by atoms with Crippen molar-refractivity contribution in [1.82, 2.24) is 9.71 Å². The van der Waals surface area contributed by atoms with Gasteiger partial charge in [-0.1, -0.05) is 6.07 Å². The van der Waals surface area contributed by atoms with E-state index in [4.69, 9.17) is 5.73 Å². The van der Waals surface area contributed by atoms with Crippen molar-refractivity contribution >= 4 is 27.0 Å². The monoisotopic (exact) mass is 297 g/mol. The maximum absolute atomic E-state index is 12.2. The number of nitrogen functional groups attached to an aromatic ring is 1. The number of nitrogens with one attached hydrogen (secondary N) is 1. The molecule has 7 heteroatoms. The maximum Gasteiger partial charge on any atom is 0.242 e. The molecule has 19 heavy (non-hydrogen) atoms. The fraction of sp³-hybridized carbons (Fsp3) is 0.250. The quantitative estimate of drug-likeness (QED) is 0.843. The smallest absolute Gasteiger partial charge is 0.242 e. The van der Waals surface area contributed by atoms with Crippen LogP contribution in [0.4, 0.5) is 5.69 Å². The van der Waals surface area contributed by atoms with Crippen molar-refractivity contribution < 1.29 is 8.42 Å². The van der Waals surface area contributed by atoms with Gasteiger partial charge >= 0.3 is 0 Å². The first kappa shape index (κ1) is 14.0. The van der Waals surface area contributed by atoms with Crippen molar-refractivity contribution in [2.75, 3.05) is 5.73 Å². The van der Waals surface area contributed by atoms with Gasteiger partial charge in [-0.05, 0) is 31.5 Å². The molecule has 0 atom stereocenters. The lowest BCUT2D eigenvalue weighted by atomic mass is 10.2. The number of benzene rings is 1. The topological polar surface area (TPSA) is 85.1 Å². The van der Waals surface area contributed by atoms with Crippen molar-refractivity contribution in [3.63, 3.8) is 0 Å². The van der Waals surface area contributed by atoms with Crippen molar-refractivity contribution in [3.8, 4) is 0 Å². The third-order valence-corrected chi connectivity index (χ3v) is 5.13. The van der Waals surface area contributed by atoms with E-state index in [1.807, 2.05) is 13.8 Å². The summed E-state index contributed by atoms with van der Waals surface area (Å²) in [5.74, 6) is 0. The van der Waals surface area contributed by atoms with Gasteiger partial charge in [0.05, 0.1) is 16.9 Å². The Hall–Kier alpha value is -1.44. The number of nitrogens with zero attached hydrogens (tertiary/aromatic N) is 1. The van der Waals surface area contributed by atoms with Crippen LogP contribution in [0.1, 0.15) is 16.1 Å². The highest BCUT2D eigenvalue weighted by molar-refractivity contribution is 7.89. The van der Waals surface area contributed by atoms with Crippen LogP contribution in [-0.2, 0) is 16.6 Å². The van der Waals surface area contributed by atoms with Crippen LogP contribution in [0.2, 0.25) is 0 Å². The number of aromatic nitrogens is 1. The van der Waals surface area contributed by atoms with Gasteiger partial charge in [0, 0.05) is 11.4 Å². The summed E-state index contributed by atoms with van der Waals surface area (Å²) in [6, 6.07) is 4.89. The Kier molecular flexibility index (Phi) is 3.88. The zero-order valence-corrected chi connectivity index (χ0v) is 12.3. The summed E-state index contributed by atoms with van der Waals surface area (Å²) in [6.45, 7) is 3.94. The average Bonchev–Trinajstić information content (AvgIpc) is 2.72. The molecule has 3 N–H and O–H groups in total. The molecule has 0 spiro atoms. The van der Waals surface area contributed by atoms with Gasteiger partial charge in [-0.15, -0.1) is 11.3 Å². The predicted octanol–water partition coefficient (Wildman–Crippen LogP) is 1.82. The van der Waals surface area contributed by atoms with E-state index in [-0.39, 0.29) is 17.1 Å². The zero-order valence-electron chi connectivity index (χ0n) is 10.7. The molecule has 0 bridgehead atoms. The van der Waals surface area contributed by atoms with Crippen molar-refractivity contribution in [2.45, 2.75) is 25.3 Å². The van der Waals surface area contributed by atoms with Crippen LogP contribution >= 0.6 is 11.3 Å². The normalized spacial score (nSPS) is 11.7. The molecule has 0 aliphatic heterocycles. The molecule has 0 aliphatic rings. The second-order valence-corrected chi connectivity index (χ2v) is 6.90. The molecule has 1 heterocycles. The van der Waals surface area contributed by atoms with E-state index in [0.717, 1.165) is 16.1 Å². The molecule has 102 valence electrons. The van der Waals surface area contributed by atoms with E-state index in [2.05, 4.69) is 9.71 Å². The minimum atomic E-state index is -3.60. The molecule has 0 amide bonds. The van der Waals surface area contributed by atoms with Crippen LogP contribution in [0, 0.1) is 13.8 Å². The molecule has 0 fully saturated rings. The lowest BCUT2D eigenvalue weighted by Gasteiger charge is -2.09. The summed E-state index contributed by atoms with van der Waals surface area (Å²) in [5, 5.41) is 0. The number of nitrogens with two attached hydrogens (primary N) is 1. The second-order valence-electron chi connectivity index (χ2n) is 4.23. The number of anilines is 1. The lowest BCUT2D eigenvalue weighted by molar-refractivity contribution is 0.582. The first-order valence-electron chi connectivity index (χ1n) is 5.65. The Morgan fingerprint density at radius 2 is 2.11 bits per heavy atom. The van der Waals surface area contributed by atoms with Crippen LogP contribution < -0.4 is 10.5 Å². The van der Waals surface area contributed by atoms with Gasteiger partial charge in [-0.25, -0.2) is 18.1 Å². The first-order chi connectivity index (χ1) is 8.90. The summed E-state index contributed by atoms with van der Waals surface area (Å²) in [5.41, 5.74) is 9.47. The standard InChI is InChI=1S/C12H15N3O2S2/c1-8-3-4-12(10(13)5-8)19(16,17)15-6-11-9(2)14-7-18-11/h3-5,7,15H,6,13H2,1-2H3. The number of aryl methyl sites for hydroxylation is 2. The number of sulfonamides is 1. The molecule has 0 unspecified atom stereocenters. The van der Waals surface area contributed by atoms with E-state index in [0.29, 0.717) is 0 Å². The van der Waals surface area contributed by atoms with Crippen LogP contribution in [0.5, 0.6) is 0 Å². The lowest BCUT2D eigenvalue weighted by Crippen LogP contribution is -2.24. The van der Waals surface area contributed by atoms with E-state index < -0.39 is 10.0 Å². The average molecular weight is 297 g/mol. The third-order valence-electron chi connectivity index (χ3n) is 2.72. The van der Waals surface area contributed by atoms with Crippen LogP contribution in [0.15, 0.2) is 28.6 Å². The fourth-order valence-electron chi connectivity index (χ4n) is 1.65. The van der Waals surface area contributed by atoms with Crippen molar-refractivity contribution in [2.24, 2.45) is 0 Å². The summed E-state index contributed by atoms with van der Waals surface area (Å²) in [6.07, 6.45) is 0. The Morgan fingerprint density at radius 1 is 1.37 bits per heavy atom. The molecule has 2 aromatic rings. The molecule has 0 saturated heterocycles. The number of hydrogen-bond donors (Lipinski definition) is 2. The molecule has 2 rings (SSSR count). The van der Waals surface area contributed by atoms with Gasteiger partial charge in [0.15, 0.2) is 0 Å². The first-order valence-corrected chi connectivity index (χ1v) is 8.01. The molecule has 0 radical (unpaired) electrons. The van der Waals surface area contributed by atoms with Crippen LogP contribution in [0.3, 0.4) is 0 Å². The highest BCUT2D eigenvalue weighted by Gasteiger charge is 2.17. The minimum absolute atomic E-state index is 0.111. The Bertz CT molecular complexity index is 693. The Balaban J connectivity index is 2.21.